The quantitative estimate of drug-likeness (QED) is 0.876. The number of ether oxygens (including phenoxy) is 1. The molecule has 0 aliphatic heterocycles. The fourth-order valence-electron chi connectivity index (χ4n) is 2.83. The van der Waals surface area contributed by atoms with Crippen molar-refractivity contribution in [3.05, 3.63) is 29.6 Å². The molecule has 1 aromatic rings. The van der Waals surface area contributed by atoms with E-state index in [1.54, 1.807) is 7.11 Å². The van der Waals surface area contributed by atoms with E-state index in [0.29, 0.717) is 18.2 Å². The highest BCUT2D eigenvalue weighted by molar-refractivity contribution is 5.31. The van der Waals surface area contributed by atoms with E-state index in [-0.39, 0.29) is 11.7 Å². The summed E-state index contributed by atoms with van der Waals surface area (Å²) in [5.74, 6) is 1.12. The van der Waals surface area contributed by atoms with Gasteiger partial charge >= 0.3 is 0 Å². The number of halogens is 1. The van der Waals surface area contributed by atoms with Crippen LogP contribution in [0.4, 0.5) is 4.39 Å². The Morgan fingerprint density at radius 1 is 1.35 bits per heavy atom. The van der Waals surface area contributed by atoms with Crippen LogP contribution >= 0.6 is 0 Å². The number of benzene rings is 1. The number of rotatable bonds is 3. The van der Waals surface area contributed by atoms with Crippen molar-refractivity contribution in [1.29, 1.82) is 0 Å². The summed E-state index contributed by atoms with van der Waals surface area (Å²) in [5.41, 5.74) is 6.60. The first-order chi connectivity index (χ1) is 8.26. The van der Waals surface area contributed by atoms with E-state index in [1.807, 2.05) is 12.1 Å². The summed E-state index contributed by atoms with van der Waals surface area (Å²) < 4.78 is 19.0. The summed E-state index contributed by atoms with van der Waals surface area (Å²) in [7, 11) is 1.55. The molecule has 1 fully saturated rings. The van der Waals surface area contributed by atoms with Gasteiger partial charge in [-0.05, 0) is 42.9 Å². The second-order valence-electron chi connectivity index (χ2n) is 4.77. The van der Waals surface area contributed by atoms with Crippen LogP contribution in [0.15, 0.2) is 18.2 Å². The van der Waals surface area contributed by atoms with Crippen molar-refractivity contribution in [2.75, 3.05) is 13.7 Å². The van der Waals surface area contributed by atoms with E-state index in [4.69, 9.17) is 10.5 Å². The van der Waals surface area contributed by atoms with Gasteiger partial charge in [0.2, 0.25) is 0 Å². The van der Waals surface area contributed by atoms with Gasteiger partial charge in [-0.25, -0.2) is 4.39 Å². The number of hydrogen-bond donors (Lipinski definition) is 1. The van der Waals surface area contributed by atoms with Crippen LogP contribution in [0.5, 0.6) is 5.75 Å². The van der Waals surface area contributed by atoms with Crippen LogP contribution in [0.3, 0.4) is 0 Å². The predicted octanol–water partition coefficient (Wildman–Crippen LogP) is 3.07. The molecule has 1 aromatic carbocycles. The molecule has 17 heavy (non-hydrogen) atoms. The summed E-state index contributed by atoms with van der Waals surface area (Å²) in [4.78, 5) is 0. The standard InChI is InChI=1S/C14H20FNO/c1-17-11-6-7-13(14(15)8-11)12-5-3-2-4-10(12)9-16/h6-8,10,12H,2-5,9,16H2,1H3. The Kier molecular flexibility index (Phi) is 4.00. The van der Waals surface area contributed by atoms with Crippen LogP contribution in [-0.4, -0.2) is 13.7 Å². The number of hydrogen-bond acceptors (Lipinski definition) is 2. The summed E-state index contributed by atoms with van der Waals surface area (Å²) in [6.07, 6.45) is 4.56. The van der Waals surface area contributed by atoms with E-state index in [1.165, 1.54) is 18.9 Å². The van der Waals surface area contributed by atoms with Gasteiger partial charge < -0.3 is 10.5 Å². The van der Waals surface area contributed by atoms with Crippen molar-refractivity contribution >= 4 is 0 Å². The third kappa shape index (κ3) is 2.60. The minimum Gasteiger partial charge on any atom is -0.497 e. The maximum atomic E-state index is 14.0. The molecule has 0 amide bonds. The fraction of sp³-hybridized carbons (Fsp3) is 0.571. The molecule has 0 saturated heterocycles. The van der Waals surface area contributed by atoms with Gasteiger partial charge in [0.1, 0.15) is 11.6 Å². The Morgan fingerprint density at radius 3 is 2.76 bits per heavy atom. The number of methoxy groups -OCH3 is 1. The van der Waals surface area contributed by atoms with Crippen LogP contribution in [0.1, 0.15) is 37.2 Å². The Morgan fingerprint density at radius 2 is 2.12 bits per heavy atom. The topological polar surface area (TPSA) is 35.2 Å². The highest BCUT2D eigenvalue weighted by Crippen LogP contribution is 2.38. The second kappa shape index (κ2) is 5.50. The molecule has 1 aliphatic rings. The molecule has 2 atom stereocenters. The highest BCUT2D eigenvalue weighted by atomic mass is 19.1. The molecule has 0 spiro atoms. The summed E-state index contributed by atoms with van der Waals surface area (Å²) in [6.45, 7) is 0.649. The first-order valence-electron chi connectivity index (χ1n) is 6.29. The third-order valence-electron chi connectivity index (χ3n) is 3.82. The first-order valence-corrected chi connectivity index (χ1v) is 6.29. The lowest BCUT2D eigenvalue weighted by Gasteiger charge is -2.31. The van der Waals surface area contributed by atoms with Crippen LogP contribution < -0.4 is 10.5 Å². The summed E-state index contributed by atoms with van der Waals surface area (Å²) >= 11 is 0. The van der Waals surface area contributed by atoms with E-state index in [0.717, 1.165) is 18.4 Å². The lowest BCUT2D eigenvalue weighted by molar-refractivity contribution is 0.307. The van der Waals surface area contributed by atoms with Crippen LogP contribution in [0, 0.1) is 11.7 Å². The monoisotopic (exact) mass is 237 g/mol. The average Bonchev–Trinajstić information content (AvgIpc) is 2.38. The Balaban J connectivity index is 2.25. The first kappa shape index (κ1) is 12.4. The van der Waals surface area contributed by atoms with E-state index >= 15 is 0 Å². The van der Waals surface area contributed by atoms with E-state index in [2.05, 4.69) is 0 Å². The molecule has 2 N–H and O–H groups in total. The van der Waals surface area contributed by atoms with Gasteiger partial charge in [0, 0.05) is 6.07 Å². The lowest BCUT2D eigenvalue weighted by Crippen LogP contribution is -2.25. The minimum absolute atomic E-state index is 0.158. The molecular weight excluding hydrogens is 217 g/mol. The Hall–Kier alpha value is -1.09. The largest absolute Gasteiger partial charge is 0.497 e. The molecule has 0 radical (unpaired) electrons. The second-order valence-corrected chi connectivity index (χ2v) is 4.77. The molecular formula is C14H20FNO. The zero-order valence-electron chi connectivity index (χ0n) is 10.3. The Labute approximate surface area is 102 Å². The van der Waals surface area contributed by atoms with Crippen LogP contribution in [-0.2, 0) is 0 Å². The normalized spacial score (nSPS) is 24.6. The SMILES string of the molecule is COc1ccc(C2CCCCC2CN)c(F)c1. The summed E-state index contributed by atoms with van der Waals surface area (Å²) in [6, 6.07) is 5.16. The van der Waals surface area contributed by atoms with Gasteiger partial charge in [-0.2, -0.15) is 0 Å². The lowest BCUT2D eigenvalue weighted by atomic mass is 9.75. The van der Waals surface area contributed by atoms with Gasteiger partial charge in [-0.1, -0.05) is 18.9 Å². The van der Waals surface area contributed by atoms with Crippen molar-refractivity contribution in [1.82, 2.24) is 0 Å². The van der Waals surface area contributed by atoms with Crippen molar-refractivity contribution in [2.24, 2.45) is 11.7 Å². The van der Waals surface area contributed by atoms with Gasteiger partial charge in [0.05, 0.1) is 7.11 Å². The molecule has 0 aromatic heterocycles. The van der Waals surface area contributed by atoms with Crippen LogP contribution in [0.2, 0.25) is 0 Å². The van der Waals surface area contributed by atoms with Crippen molar-refractivity contribution in [3.63, 3.8) is 0 Å². The molecule has 1 aliphatic carbocycles. The maximum absolute atomic E-state index is 14.0. The van der Waals surface area contributed by atoms with E-state index < -0.39 is 0 Å². The van der Waals surface area contributed by atoms with Gasteiger partial charge in [-0.15, -0.1) is 0 Å². The molecule has 0 heterocycles. The molecule has 94 valence electrons. The van der Waals surface area contributed by atoms with Crippen molar-refractivity contribution in [2.45, 2.75) is 31.6 Å². The van der Waals surface area contributed by atoms with Gasteiger partial charge in [0.15, 0.2) is 0 Å². The zero-order valence-corrected chi connectivity index (χ0v) is 10.3. The predicted molar refractivity (Wildman–Crippen MR) is 66.7 cm³/mol. The molecule has 2 rings (SSSR count). The molecule has 2 nitrogen and oxygen atoms in total. The number of nitrogens with two attached hydrogens (primary N) is 1. The molecule has 2 unspecified atom stereocenters. The average molecular weight is 237 g/mol. The molecule has 0 bridgehead atoms. The van der Waals surface area contributed by atoms with Gasteiger partial charge in [-0.3, -0.25) is 0 Å². The highest BCUT2D eigenvalue weighted by Gasteiger charge is 2.27. The zero-order chi connectivity index (χ0) is 12.3. The van der Waals surface area contributed by atoms with Crippen molar-refractivity contribution < 1.29 is 9.13 Å². The molecule has 3 heteroatoms. The minimum atomic E-state index is -0.158. The Bertz CT molecular complexity index is 380. The smallest absolute Gasteiger partial charge is 0.130 e. The van der Waals surface area contributed by atoms with E-state index in [9.17, 15) is 4.39 Å². The van der Waals surface area contributed by atoms with Gasteiger partial charge in [0.25, 0.3) is 0 Å². The maximum Gasteiger partial charge on any atom is 0.130 e. The van der Waals surface area contributed by atoms with Crippen LogP contribution in [0.25, 0.3) is 0 Å². The third-order valence-corrected chi connectivity index (χ3v) is 3.82. The molecule has 1 saturated carbocycles. The fourth-order valence-corrected chi connectivity index (χ4v) is 2.83. The summed E-state index contributed by atoms with van der Waals surface area (Å²) in [5, 5.41) is 0. The van der Waals surface area contributed by atoms with Crippen molar-refractivity contribution in [3.8, 4) is 5.75 Å².